The summed E-state index contributed by atoms with van der Waals surface area (Å²) < 4.78 is 9.58. The van der Waals surface area contributed by atoms with Gasteiger partial charge in [0.1, 0.15) is 0 Å². The normalized spacial score (nSPS) is 9.74. The van der Waals surface area contributed by atoms with E-state index in [4.69, 9.17) is 9.47 Å². The van der Waals surface area contributed by atoms with E-state index in [0.29, 0.717) is 13.2 Å². The molecule has 0 aromatic heterocycles. The Hall–Kier alpha value is -1.06. The van der Waals surface area contributed by atoms with Crippen LogP contribution < -0.4 is 0 Å². The lowest BCUT2D eigenvalue weighted by molar-refractivity contribution is -0.142. The Balaban J connectivity index is 0. The quantitative estimate of drug-likeness (QED) is 0.334. The van der Waals surface area contributed by atoms with Crippen molar-refractivity contribution in [3.05, 3.63) is 0 Å². The molecule has 0 aromatic carbocycles. The molecule has 0 spiro atoms. The number of rotatable bonds is 13. The fourth-order valence-corrected chi connectivity index (χ4v) is 2.02. The van der Waals surface area contributed by atoms with Gasteiger partial charge in [0.25, 0.3) is 0 Å². The van der Waals surface area contributed by atoms with Gasteiger partial charge in [0.15, 0.2) is 0 Å². The molecular weight excluding hydrogens is 292 g/mol. The zero-order chi connectivity index (χ0) is 17.8. The topological polar surface area (TPSA) is 52.6 Å². The van der Waals surface area contributed by atoms with E-state index in [2.05, 4.69) is 13.8 Å². The van der Waals surface area contributed by atoms with Gasteiger partial charge in [0.2, 0.25) is 0 Å². The van der Waals surface area contributed by atoms with Crippen molar-refractivity contribution in [1.29, 1.82) is 0 Å². The SMILES string of the molecule is CCCCCCCCCOC(C)=O.CCCCCCOC(C)=O. The van der Waals surface area contributed by atoms with Crippen LogP contribution in [0.1, 0.15) is 98.3 Å². The third-order valence-corrected chi connectivity index (χ3v) is 3.36. The lowest BCUT2D eigenvalue weighted by Crippen LogP contribution is -1.99. The van der Waals surface area contributed by atoms with Gasteiger partial charge >= 0.3 is 11.9 Å². The molecule has 0 amide bonds. The zero-order valence-electron chi connectivity index (χ0n) is 15.8. The lowest BCUT2D eigenvalue weighted by Gasteiger charge is -2.01. The molecular formula is C19H38O4. The minimum absolute atomic E-state index is 0.161. The molecule has 4 nitrogen and oxygen atoms in total. The van der Waals surface area contributed by atoms with Crippen LogP contribution in [-0.4, -0.2) is 25.2 Å². The third-order valence-electron chi connectivity index (χ3n) is 3.36. The first-order valence-electron chi connectivity index (χ1n) is 9.31. The summed E-state index contributed by atoms with van der Waals surface area (Å²) in [5.41, 5.74) is 0. The number of ether oxygens (including phenoxy) is 2. The number of esters is 2. The molecule has 0 unspecified atom stereocenters. The van der Waals surface area contributed by atoms with Crippen molar-refractivity contribution in [3.63, 3.8) is 0 Å². The molecule has 0 atom stereocenters. The number of hydrogen-bond acceptors (Lipinski definition) is 4. The van der Waals surface area contributed by atoms with Crippen LogP contribution in [-0.2, 0) is 19.1 Å². The highest BCUT2D eigenvalue weighted by atomic mass is 16.5. The van der Waals surface area contributed by atoms with Crippen molar-refractivity contribution in [2.24, 2.45) is 0 Å². The van der Waals surface area contributed by atoms with Gasteiger partial charge in [0, 0.05) is 13.8 Å². The fraction of sp³-hybridized carbons (Fsp3) is 0.895. The minimum atomic E-state index is -0.170. The van der Waals surface area contributed by atoms with Crippen LogP contribution in [0.3, 0.4) is 0 Å². The van der Waals surface area contributed by atoms with Crippen molar-refractivity contribution < 1.29 is 19.1 Å². The standard InChI is InChI=1S/C11H22O2.C8H16O2/c1-3-4-5-6-7-8-9-10-13-11(2)12;1-3-4-5-6-7-10-8(2)9/h3-10H2,1-2H3;3-7H2,1-2H3. The van der Waals surface area contributed by atoms with Gasteiger partial charge in [-0.25, -0.2) is 0 Å². The Morgan fingerprint density at radius 2 is 0.870 bits per heavy atom. The Bertz CT molecular complexity index is 264. The van der Waals surface area contributed by atoms with Crippen LogP contribution in [0.2, 0.25) is 0 Å². The average Bonchev–Trinajstić information content (AvgIpc) is 2.50. The summed E-state index contributed by atoms with van der Waals surface area (Å²) in [6.07, 6.45) is 13.5. The van der Waals surface area contributed by atoms with E-state index in [1.165, 1.54) is 71.6 Å². The highest BCUT2D eigenvalue weighted by molar-refractivity contribution is 5.66. The first-order valence-corrected chi connectivity index (χ1v) is 9.31. The fourth-order valence-electron chi connectivity index (χ4n) is 2.02. The summed E-state index contributed by atoms with van der Waals surface area (Å²) >= 11 is 0. The van der Waals surface area contributed by atoms with Gasteiger partial charge in [-0.2, -0.15) is 0 Å². The van der Waals surface area contributed by atoms with Gasteiger partial charge in [0.05, 0.1) is 13.2 Å². The van der Waals surface area contributed by atoms with Gasteiger partial charge in [-0.3, -0.25) is 9.59 Å². The second-order valence-corrected chi connectivity index (χ2v) is 5.86. The van der Waals surface area contributed by atoms with Crippen LogP contribution in [0.25, 0.3) is 0 Å². The molecule has 23 heavy (non-hydrogen) atoms. The van der Waals surface area contributed by atoms with Crippen LogP contribution in [0.15, 0.2) is 0 Å². The lowest BCUT2D eigenvalue weighted by atomic mass is 10.1. The number of unbranched alkanes of at least 4 members (excludes halogenated alkanes) is 9. The molecule has 138 valence electrons. The summed E-state index contributed by atoms with van der Waals surface area (Å²) in [6.45, 7) is 8.48. The van der Waals surface area contributed by atoms with Gasteiger partial charge in [-0.1, -0.05) is 71.6 Å². The van der Waals surface area contributed by atoms with Crippen LogP contribution >= 0.6 is 0 Å². The monoisotopic (exact) mass is 330 g/mol. The van der Waals surface area contributed by atoms with Crippen molar-refractivity contribution >= 4 is 11.9 Å². The summed E-state index contributed by atoms with van der Waals surface area (Å²) in [6, 6.07) is 0. The number of carbonyl (C=O) groups is 2. The molecule has 4 heteroatoms. The highest BCUT2D eigenvalue weighted by Gasteiger charge is 1.93. The largest absolute Gasteiger partial charge is 0.466 e. The molecule has 0 bridgehead atoms. The Morgan fingerprint density at radius 3 is 1.22 bits per heavy atom. The van der Waals surface area contributed by atoms with Crippen LogP contribution in [0, 0.1) is 0 Å². The van der Waals surface area contributed by atoms with Crippen molar-refractivity contribution in [2.45, 2.75) is 98.3 Å². The molecule has 0 fully saturated rings. The van der Waals surface area contributed by atoms with E-state index in [1.807, 2.05) is 0 Å². The van der Waals surface area contributed by atoms with E-state index in [0.717, 1.165) is 12.8 Å². The van der Waals surface area contributed by atoms with E-state index in [9.17, 15) is 9.59 Å². The second-order valence-electron chi connectivity index (χ2n) is 5.86. The maximum absolute atomic E-state index is 10.4. The molecule has 0 N–H and O–H groups in total. The Morgan fingerprint density at radius 1 is 0.565 bits per heavy atom. The Labute approximate surface area is 143 Å². The molecule has 0 aromatic rings. The van der Waals surface area contributed by atoms with Crippen molar-refractivity contribution in [3.8, 4) is 0 Å². The van der Waals surface area contributed by atoms with E-state index >= 15 is 0 Å². The zero-order valence-corrected chi connectivity index (χ0v) is 15.8. The van der Waals surface area contributed by atoms with E-state index < -0.39 is 0 Å². The summed E-state index contributed by atoms with van der Waals surface area (Å²) in [5.74, 6) is -0.331. The molecule has 0 heterocycles. The highest BCUT2D eigenvalue weighted by Crippen LogP contribution is 2.06. The van der Waals surface area contributed by atoms with Crippen LogP contribution in [0.4, 0.5) is 0 Å². The molecule has 0 radical (unpaired) electrons. The second kappa shape index (κ2) is 20.9. The van der Waals surface area contributed by atoms with Crippen LogP contribution in [0.5, 0.6) is 0 Å². The predicted octanol–water partition coefficient (Wildman–Crippen LogP) is 5.43. The molecule has 0 saturated carbocycles. The van der Waals surface area contributed by atoms with Gasteiger partial charge in [-0.05, 0) is 12.8 Å². The first kappa shape index (κ1) is 24.2. The molecule has 0 aliphatic carbocycles. The molecule has 0 aliphatic heterocycles. The van der Waals surface area contributed by atoms with Crippen molar-refractivity contribution in [2.75, 3.05) is 13.2 Å². The number of hydrogen-bond donors (Lipinski definition) is 0. The minimum Gasteiger partial charge on any atom is -0.466 e. The molecule has 0 saturated heterocycles. The van der Waals surface area contributed by atoms with Gasteiger partial charge < -0.3 is 9.47 Å². The maximum atomic E-state index is 10.4. The summed E-state index contributed by atoms with van der Waals surface area (Å²) in [5, 5.41) is 0. The van der Waals surface area contributed by atoms with Crippen molar-refractivity contribution in [1.82, 2.24) is 0 Å². The maximum Gasteiger partial charge on any atom is 0.302 e. The van der Waals surface area contributed by atoms with E-state index in [1.54, 1.807) is 0 Å². The first-order chi connectivity index (χ1) is 11.0. The number of carbonyl (C=O) groups excluding carboxylic acids is 2. The Kier molecular flexibility index (Phi) is 22.0. The third kappa shape index (κ3) is 29.6. The molecule has 0 rings (SSSR count). The smallest absolute Gasteiger partial charge is 0.302 e. The predicted molar refractivity (Wildman–Crippen MR) is 95.4 cm³/mol. The summed E-state index contributed by atoms with van der Waals surface area (Å²) in [7, 11) is 0. The van der Waals surface area contributed by atoms with Gasteiger partial charge in [-0.15, -0.1) is 0 Å². The molecule has 0 aliphatic rings. The average molecular weight is 331 g/mol. The van der Waals surface area contributed by atoms with E-state index in [-0.39, 0.29) is 11.9 Å². The summed E-state index contributed by atoms with van der Waals surface area (Å²) in [4.78, 5) is 20.6.